The van der Waals surface area contributed by atoms with Gasteiger partial charge < -0.3 is 5.32 Å². The van der Waals surface area contributed by atoms with Gasteiger partial charge in [-0.05, 0) is 48.9 Å². The zero-order valence-electron chi connectivity index (χ0n) is 14.2. The molecule has 1 unspecified atom stereocenters. The molecule has 1 aliphatic heterocycles. The van der Waals surface area contributed by atoms with Gasteiger partial charge in [0.1, 0.15) is 0 Å². The summed E-state index contributed by atoms with van der Waals surface area (Å²) < 4.78 is 25.1. The topological polar surface area (TPSA) is 83.6 Å². The summed E-state index contributed by atoms with van der Waals surface area (Å²) in [6.45, 7) is 3.43. The van der Waals surface area contributed by atoms with Gasteiger partial charge in [0.15, 0.2) is 0 Å². The molecule has 136 valence electrons. The van der Waals surface area contributed by atoms with Crippen LogP contribution in [0.5, 0.6) is 0 Å². The standard InChI is InChI=1S/C18H17ClN2O4S/c1-11-3-6-14(19)9-16(11)20-17(22)13-4-7-15(8-5-13)21-18(23)12(2)10-26(21,24)25/h3-9,12H,10H2,1-2H3,(H,20,22). The van der Waals surface area contributed by atoms with Gasteiger partial charge in [0.05, 0.1) is 17.4 Å². The molecule has 0 spiro atoms. The summed E-state index contributed by atoms with van der Waals surface area (Å²) in [6.07, 6.45) is 0. The number of rotatable bonds is 3. The SMILES string of the molecule is Cc1ccc(Cl)cc1NC(=O)c1ccc(N2C(=O)C(C)CS2(=O)=O)cc1. The Hall–Kier alpha value is -2.38. The lowest BCUT2D eigenvalue weighted by Crippen LogP contribution is -2.30. The Bertz CT molecular complexity index is 987. The molecule has 1 N–H and O–H groups in total. The molecular formula is C18H17ClN2O4S. The number of aryl methyl sites for hydroxylation is 1. The molecule has 0 saturated carbocycles. The minimum atomic E-state index is -3.66. The average Bonchev–Trinajstić information content (AvgIpc) is 2.78. The molecule has 1 aliphatic rings. The van der Waals surface area contributed by atoms with Gasteiger partial charge >= 0.3 is 0 Å². The third-order valence-corrected chi connectivity index (χ3v) is 6.28. The fraction of sp³-hybridized carbons (Fsp3) is 0.222. The summed E-state index contributed by atoms with van der Waals surface area (Å²) in [7, 11) is -3.66. The van der Waals surface area contributed by atoms with Crippen LogP contribution in [0.15, 0.2) is 42.5 Å². The highest BCUT2D eigenvalue weighted by atomic mass is 35.5. The van der Waals surface area contributed by atoms with Crippen molar-refractivity contribution in [3.8, 4) is 0 Å². The van der Waals surface area contributed by atoms with Gasteiger partial charge in [-0.25, -0.2) is 12.7 Å². The van der Waals surface area contributed by atoms with Crippen LogP contribution in [0.4, 0.5) is 11.4 Å². The van der Waals surface area contributed by atoms with Crippen molar-refractivity contribution in [3.63, 3.8) is 0 Å². The highest BCUT2D eigenvalue weighted by molar-refractivity contribution is 7.94. The van der Waals surface area contributed by atoms with Gasteiger partial charge in [-0.2, -0.15) is 0 Å². The van der Waals surface area contributed by atoms with Crippen LogP contribution in [0.2, 0.25) is 5.02 Å². The monoisotopic (exact) mass is 392 g/mol. The highest BCUT2D eigenvalue weighted by Crippen LogP contribution is 2.28. The first-order chi connectivity index (χ1) is 12.2. The van der Waals surface area contributed by atoms with E-state index < -0.39 is 21.8 Å². The molecule has 6 nitrogen and oxygen atoms in total. The van der Waals surface area contributed by atoms with Crippen LogP contribution in [0.25, 0.3) is 0 Å². The summed E-state index contributed by atoms with van der Waals surface area (Å²) in [5, 5.41) is 3.27. The maximum absolute atomic E-state index is 12.4. The molecule has 2 aromatic rings. The van der Waals surface area contributed by atoms with Crippen molar-refractivity contribution in [1.29, 1.82) is 0 Å². The molecule has 0 radical (unpaired) electrons. The van der Waals surface area contributed by atoms with E-state index in [9.17, 15) is 18.0 Å². The number of anilines is 2. The predicted octanol–water partition coefficient (Wildman–Crippen LogP) is 3.21. The van der Waals surface area contributed by atoms with Gasteiger partial charge in [0, 0.05) is 16.3 Å². The maximum Gasteiger partial charge on any atom is 0.255 e. The molecule has 1 saturated heterocycles. The molecule has 26 heavy (non-hydrogen) atoms. The van der Waals surface area contributed by atoms with Gasteiger partial charge in [-0.3, -0.25) is 9.59 Å². The molecule has 0 aliphatic carbocycles. The van der Waals surface area contributed by atoms with Crippen LogP contribution in [-0.2, 0) is 14.8 Å². The molecule has 0 aromatic heterocycles. The fourth-order valence-corrected chi connectivity index (χ4v) is 4.75. The first kappa shape index (κ1) is 18.4. The van der Waals surface area contributed by atoms with Gasteiger partial charge in [0.25, 0.3) is 5.91 Å². The average molecular weight is 393 g/mol. The first-order valence-electron chi connectivity index (χ1n) is 7.93. The van der Waals surface area contributed by atoms with E-state index in [1.54, 1.807) is 25.1 Å². The summed E-state index contributed by atoms with van der Waals surface area (Å²) in [6, 6.07) is 11.1. The Labute approximate surface area is 156 Å². The minimum absolute atomic E-state index is 0.206. The van der Waals surface area contributed by atoms with E-state index >= 15 is 0 Å². The first-order valence-corrected chi connectivity index (χ1v) is 9.92. The normalized spacial score (nSPS) is 18.8. The number of sulfonamides is 1. The van der Waals surface area contributed by atoms with E-state index in [0.29, 0.717) is 16.3 Å². The summed E-state index contributed by atoms with van der Waals surface area (Å²) in [5.74, 6) is -1.60. The Morgan fingerprint density at radius 2 is 1.85 bits per heavy atom. The fourth-order valence-electron chi connectivity index (χ4n) is 2.76. The Balaban J connectivity index is 1.82. The quantitative estimate of drug-likeness (QED) is 0.869. The molecule has 3 rings (SSSR count). The smallest absolute Gasteiger partial charge is 0.255 e. The number of amides is 2. The maximum atomic E-state index is 12.4. The van der Waals surface area contributed by atoms with Crippen molar-refractivity contribution >= 4 is 44.8 Å². The third-order valence-electron chi connectivity index (χ3n) is 4.17. The van der Waals surface area contributed by atoms with Crippen LogP contribution >= 0.6 is 11.6 Å². The second-order valence-corrected chi connectivity index (χ2v) is 8.54. The number of benzene rings is 2. The van der Waals surface area contributed by atoms with Crippen LogP contribution in [0, 0.1) is 12.8 Å². The van der Waals surface area contributed by atoms with Gasteiger partial charge in [0.2, 0.25) is 15.9 Å². The highest BCUT2D eigenvalue weighted by Gasteiger charge is 2.41. The second-order valence-electron chi connectivity index (χ2n) is 6.24. The number of halogens is 1. The summed E-state index contributed by atoms with van der Waals surface area (Å²) in [5.41, 5.74) is 2.03. The number of carbonyl (C=O) groups excluding carboxylic acids is 2. The summed E-state index contributed by atoms with van der Waals surface area (Å²) >= 11 is 5.95. The Morgan fingerprint density at radius 1 is 1.19 bits per heavy atom. The van der Waals surface area contributed by atoms with Gasteiger partial charge in [-0.15, -0.1) is 0 Å². The molecule has 1 heterocycles. The number of hydrogen-bond acceptors (Lipinski definition) is 4. The molecule has 8 heteroatoms. The van der Waals surface area contributed by atoms with E-state index in [0.717, 1.165) is 9.87 Å². The predicted molar refractivity (Wildman–Crippen MR) is 101 cm³/mol. The second kappa shape index (κ2) is 6.74. The van der Waals surface area contributed by atoms with E-state index in [1.807, 2.05) is 6.92 Å². The van der Waals surface area contributed by atoms with Crippen LogP contribution in [-0.4, -0.2) is 26.0 Å². The molecule has 2 aromatic carbocycles. The van der Waals surface area contributed by atoms with Crippen LogP contribution < -0.4 is 9.62 Å². The molecule has 0 bridgehead atoms. The Morgan fingerprint density at radius 3 is 2.42 bits per heavy atom. The number of nitrogens with one attached hydrogen (secondary N) is 1. The van der Waals surface area contributed by atoms with Gasteiger partial charge in [-0.1, -0.05) is 24.6 Å². The molecular weight excluding hydrogens is 376 g/mol. The van der Waals surface area contributed by atoms with Crippen LogP contribution in [0.3, 0.4) is 0 Å². The van der Waals surface area contributed by atoms with Crippen molar-refractivity contribution in [3.05, 3.63) is 58.6 Å². The zero-order chi connectivity index (χ0) is 19.1. The van der Waals surface area contributed by atoms with Crippen molar-refractivity contribution in [1.82, 2.24) is 0 Å². The Kier molecular flexibility index (Phi) is 4.77. The molecule has 2 amide bonds. The van der Waals surface area contributed by atoms with E-state index in [1.165, 1.54) is 24.3 Å². The van der Waals surface area contributed by atoms with E-state index in [-0.39, 0.29) is 17.3 Å². The third kappa shape index (κ3) is 3.45. The minimum Gasteiger partial charge on any atom is -0.322 e. The molecule has 1 atom stereocenters. The summed E-state index contributed by atoms with van der Waals surface area (Å²) in [4.78, 5) is 24.5. The van der Waals surface area contributed by atoms with Crippen molar-refractivity contribution in [2.45, 2.75) is 13.8 Å². The largest absolute Gasteiger partial charge is 0.322 e. The number of hydrogen-bond donors (Lipinski definition) is 1. The van der Waals surface area contributed by atoms with Crippen molar-refractivity contribution < 1.29 is 18.0 Å². The molecule has 1 fully saturated rings. The van der Waals surface area contributed by atoms with Crippen LogP contribution in [0.1, 0.15) is 22.8 Å². The lowest BCUT2D eigenvalue weighted by molar-refractivity contribution is -0.119. The number of nitrogens with zero attached hydrogens (tertiary/aromatic N) is 1. The zero-order valence-corrected chi connectivity index (χ0v) is 15.8. The van der Waals surface area contributed by atoms with Crippen molar-refractivity contribution in [2.75, 3.05) is 15.4 Å². The van der Waals surface area contributed by atoms with E-state index in [4.69, 9.17) is 11.6 Å². The van der Waals surface area contributed by atoms with E-state index in [2.05, 4.69) is 5.32 Å². The number of carbonyl (C=O) groups is 2. The lowest BCUT2D eigenvalue weighted by Gasteiger charge is -2.15. The lowest BCUT2D eigenvalue weighted by atomic mass is 10.1. The van der Waals surface area contributed by atoms with Crippen molar-refractivity contribution in [2.24, 2.45) is 5.92 Å².